The predicted octanol–water partition coefficient (Wildman–Crippen LogP) is 3.87. The van der Waals surface area contributed by atoms with Crippen LogP contribution in [0.5, 0.6) is 0 Å². The molecule has 23 heavy (non-hydrogen) atoms. The molecule has 0 aliphatic carbocycles. The van der Waals surface area contributed by atoms with Gasteiger partial charge >= 0.3 is 0 Å². The maximum atomic E-state index is 8.09. The van der Waals surface area contributed by atoms with Gasteiger partial charge in [0.1, 0.15) is 5.52 Å². The Morgan fingerprint density at radius 1 is 1.13 bits per heavy atom. The number of aromatic nitrogens is 3. The molecule has 0 radical (unpaired) electrons. The summed E-state index contributed by atoms with van der Waals surface area (Å²) in [7, 11) is 3.69. The van der Waals surface area contributed by atoms with Crippen LogP contribution in [0.1, 0.15) is 25.0 Å². The fraction of sp³-hybridized carbons (Fsp3) is 0.250. The Balaban J connectivity index is 2.23. The molecule has 0 spiro atoms. The molecule has 0 bridgehead atoms. The van der Waals surface area contributed by atoms with Crippen molar-refractivity contribution in [3.05, 3.63) is 59.4 Å². The molecule has 0 N–H and O–H groups in total. The quantitative estimate of drug-likeness (QED) is 0.474. The Morgan fingerprint density at radius 2 is 1.96 bits per heavy atom. The molecule has 1 aromatic carbocycles. The molecular formula is C20H22N3+. The van der Waals surface area contributed by atoms with E-state index in [9.17, 15) is 0 Å². The first-order chi connectivity index (χ1) is 13.4. The molecular weight excluding hydrogens is 282 g/mol. The number of pyridine rings is 1. The lowest BCUT2D eigenvalue weighted by Gasteiger charge is -2.06. The van der Waals surface area contributed by atoms with E-state index in [1.807, 2.05) is 52.1 Å². The maximum absolute atomic E-state index is 8.09. The molecule has 3 nitrogen and oxygen atoms in total. The molecule has 3 heteroatoms. The van der Waals surface area contributed by atoms with E-state index < -0.39 is 13.7 Å². The van der Waals surface area contributed by atoms with Crippen LogP contribution in [0, 0.1) is 20.6 Å². The third kappa shape index (κ3) is 1.79. The molecule has 0 saturated heterocycles. The second-order valence-electron chi connectivity index (χ2n) is 5.96. The van der Waals surface area contributed by atoms with Crippen LogP contribution in [0.2, 0.25) is 0 Å². The van der Waals surface area contributed by atoms with Crippen molar-refractivity contribution >= 4 is 21.9 Å². The zero-order valence-corrected chi connectivity index (χ0v) is 13.4. The minimum absolute atomic E-state index is 0.235. The number of rotatable bonds is 1. The van der Waals surface area contributed by atoms with Gasteiger partial charge in [-0.25, -0.2) is 4.57 Å². The lowest BCUT2D eigenvalue weighted by Crippen LogP contribution is -2.33. The van der Waals surface area contributed by atoms with Crippen molar-refractivity contribution < 1.29 is 12.8 Å². The van der Waals surface area contributed by atoms with Gasteiger partial charge in [0.05, 0.1) is 18.6 Å². The SMILES string of the molecule is [2H]C([2H])([2H])c1cc[n+](C)c(-n2c3ccccc3c3c(C([2H])([2H])[2H])c(C)n(C)c32)c1. The molecule has 116 valence electrons. The van der Waals surface area contributed by atoms with Gasteiger partial charge < -0.3 is 4.57 Å². The standard InChI is InChI=1S/C20H22N3/c1-13-10-11-21(4)18(12-13)23-17-9-7-6-8-16(17)19-14(2)15(3)22(5)20(19)23/h6-12H,1-5H3/q+1/i1D3,2D3. The molecule has 4 aromatic rings. The van der Waals surface area contributed by atoms with Crippen molar-refractivity contribution in [1.29, 1.82) is 0 Å². The van der Waals surface area contributed by atoms with Crippen LogP contribution in [-0.2, 0) is 14.1 Å². The summed E-state index contributed by atoms with van der Waals surface area (Å²) in [6, 6.07) is 10.9. The molecule has 0 aliphatic heterocycles. The van der Waals surface area contributed by atoms with E-state index in [0.717, 1.165) is 16.6 Å². The van der Waals surface area contributed by atoms with Gasteiger partial charge in [0.2, 0.25) is 5.65 Å². The van der Waals surface area contributed by atoms with E-state index in [1.54, 1.807) is 25.3 Å². The number of hydrogen-bond acceptors (Lipinski definition) is 0. The monoisotopic (exact) mass is 310 g/mol. The number of fused-ring (bicyclic) bond motifs is 3. The van der Waals surface area contributed by atoms with Crippen LogP contribution in [-0.4, -0.2) is 9.13 Å². The normalized spacial score (nSPS) is 16.7. The van der Waals surface area contributed by atoms with Gasteiger partial charge in [-0.2, -0.15) is 4.57 Å². The average molecular weight is 310 g/mol. The Labute approximate surface area is 144 Å². The van der Waals surface area contributed by atoms with Gasteiger partial charge in [0, 0.05) is 32.4 Å². The summed E-state index contributed by atoms with van der Waals surface area (Å²) in [5.41, 5.74) is 2.80. The first-order valence-electron chi connectivity index (χ1n) is 10.5. The molecule has 0 fully saturated rings. The zero-order chi connectivity index (χ0) is 21.3. The van der Waals surface area contributed by atoms with E-state index in [0.29, 0.717) is 22.5 Å². The Kier molecular flexibility index (Phi) is 1.83. The molecule has 0 amide bonds. The van der Waals surface area contributed by atoms with Crippen LogP contribution >= 0.6 is 0 Å². The Morgan fingerprint density at radius 3 is 2.74 bits per heavy atom. The highest BCUT2D eigenvalue weighted by Crippen LogP contribution is 2.35. The van der Waals surface area contributed by atoms with Crippen molar-refractivity contribution in [2.24, 2.45) is 14.1 Å². The molecule has 0 unspecified atom stereocenters. The van der Waals surface area contributed by atoms with Crippen molar-refractivity contribution in [2.75, 3.05) is 0 Å². The third-order valence-corrected chi connectivity index (χ3v) is 4.64. The molecule has 0 saturated carbocycles. The summed E-state index contributed by atoms with van der Waals surface area (Å²) in [4.78, 5) is 0. The van der Waals surface area contributed by atoms with Crippen LogP contribution in [0.4, 0.5) is 0 Å². The van der Waals surface area contributed by atoms with Crippen molar-refractivity contribution in [1.82, 2.24) is 9.13 Å². The Bertz CT molecular complexity index is 1260. The predicted molar refractivity (Wildman–Crippen MR) is 95.1 cm³/mol. The first kappa shape index (κ1) is 8.92. The first-order valence-corrected chi connectivity index (χ1v) is 7.52. The van der Waals surface area contributed by atoms with Gasteiger partial charge in [-0.1, -0.05) is 12.1 Å². The second-order valence-corrected chi connectivity index (χ2v) is 5.96. The summed E-state index contributed by atoms with van der Waals surface area (Å²) in [5, 5.41) is 1.51. The van der Waals surface area contributed by atoms with Crippen LogP contribution in [0.3, 0.4) is 0 Å². The van der Waals surface area contributed by atoms with Gasteiger partial charge in [-0.3, -0.25) is 0 Å². The molecule has 3 heterocycles. The van der Waals surface area contributed by atoms with Gasteiger partial charge in [-0.05, 0) is 50.0 Å². The average Bonchev–Trinajstić information content (AvgIpc) is 3.07. The van der Waals surface area contributed by atoms with Gasteiger partial charge in [-0.15, -0.1) is 0 Å². The third-order valence-electron chi connectivity index (χ3n) is 4.64. The summed E-state index contributed by atoms with van der Waals surface area (Å²) >= 11 is 0. The van der Waals surface area contributed by atoms with Crippen LogP contribution < -0.4 is 4.57 Å². The van der Waals surface area contributed by atoms with Crippen molar-refractivity contribution in [3.63, 3.8) is 0 Å². The highest BCUT2D eigenvalue weighted by Gasteiger charge is 2.26. The second kappa shape index (κ2) is 4.72. The van der Waals surface area contributed by atoms with Crippen LogP contribution in [0.25, 0.3) is 27.8 Å². The topological polar surface area (TPSA) is 13.7 Å². The number of benzene rings is 1. The molecule has 0 aliphatic rings. The Hall–Kier alpha value is -2.55. The summed E-state index contributed by atoms with van der Waals surface area (Å²) in [6.45, 7) is -2.69. The minimum Gasteiger partial charge on any atom is -0.315 e. The molecule has 0 atom stereocenters. The largest absolute Gasteiger partial charge is 0.315 e. The molecule has 4 rings (SSSR count). The fourth-order valence-corrected chi connectivity index (χ4v) is 3.31. The van der Waals surface area contributed by atoms with E-state index in [1.165, 1.54) is 0 Å². The highest BCUT2D eigenvalue weighted by molar-refractivity contribution is 6.10. The van der Waals surface area contributed by atoms with Crippen molar-refractivity contribution in [2.45, 2.75) is 20.6 Å². The number of nitrogens with zero attached hydrogens (tertiary/aromatic N) is 3. The number of hydrogen-bond donors (Lipinski definition) is 0. The molecule has 3 aromatic heterocycles. The fourth-order valence-electron chi connectivity index (χ4n) is 3.31. The van der Waals surface area contributed by atoms with E-state index >= 15 is 0 Å². The van der Waals surface area contributed by atoms with E-state index in [2.05, 4.69) is 0 Å². The summed E-state index contributed by atoms with van der Waals surface area (Å²) in [5.74, 6) is 0.655. The number of aryl methyl sites for hydroxylation is 4. The van der Waals surface area contributed by atoms with E-state index in [4.69, 9.17) is 8.22 Å². The minimum atomic E-state index is -2.26. The maximum Gasteiger partial charge on any atom is 0.288 e. The lowest BCUT2D eigenvalue weighted by atomic mass is 10.1. The summed E-state index contributed by atoms with van der Waals surface area (Å²) < 4.78 is 53.3. The zero-order valence-electron chi connectivity index (χ0n) is 19.4. The lowest BCUT2D eigenvalue weighted by molar-refractivity contribution is -0.665. The van der Waals surface area contributed by atoms with Gasteiger partial charge in [0.15, 0.2) is 0 Å². The highest BCUT2D eigenvalue weighted by atomic mass is 15.2. The number of para-hydroxylation sites is 1. The van der Waals surface area contributed by atoms with Crippen molar-refractivity contribution in [3.8, 4) is 5.82 Å². The van der Waals surface area contributed by atoms with Crippen LogP contribution in [0.15, 0.2) is 42.6 Å². The van der Waals surface area contributed by atoms with Gasteiger partial charge in [0.25, 0.3) is 5.82 Å². The summed E-state index contributed by atoms with van der Waals surface area (Å²) in [6.07, 6.45) is 1.72. The smallest absolute Gasteiger partial charge is 0.288 e. The van der Waals surface area contributed by atoms with E-state index in [-0.39, 0.29) is 5.56 Å².